The predicted octanol–water partition coefficient (Wildman–Crippen LogP) is 4.32. The van der Waals surface area contributed by atoms with Crippen LogP contribution in [0.4, 0.5) is 0 Å². The number of nitrogens with zero attached hydrogens (tertiary/aromatic N) is 2. The van der Waals surface area contributed by atoms with Crippen molar-refractivity contribution in [2.24, 2.45) is 5.22 Å². The lowest BCUT2D eigenvalue weighted by Gasteiger charge is -2.02. The van der Waals surface area contributed by atoms with Gasteiger partial charge in [-0.1, -0.05) is 40.2 Å². The summed E-state index contributed by atoms with van der Waals surface area (Å²) in [6.45, 7) is 7.07. The second-order valence-corrected chi connectivity index (χ2v) is 5.13. The fourth-order valence-corrected chi connectivity index (χ4v) is 1.83. The third-order valence-electron chi connectivity index (χ3n) is 3.18. The van der Waals surface area contributed by atoms with E-state index in [1.54, 1.807) is 0 Å². The van der Waals surface area contributed by atoms with E-state index in [1.807, 2.05) is 6.08 Å². The third-order valence-corrected chi connectivity index (χ3v) is 3.18. The molecule has 0 fully saturated rings. The summed E-state index contributed by atoms with van der Waals surface area (Å²) < 4.78 is 0. The van der Waals surface area contributed by atoms with E-state index < -0.39 is 0 Å². The van der Waals surface area contributed by atoms with Crippen LogP contribution in [0.15, 0.2) is 40.2 Å². The van der Waals surface area contributed by atoms with Gasteiger partial charge in [-0.15, -0.1) is 0 Å². The van der Waals surface area contributed by atoms with Gasteiger partial charge in [0.1, 0.15) is 0 Å². The van der Waals surface area contributed by atoms with Crippen molar-refractivity contribution >= 4 is 0 Å². The number of aliphatic hydroxyl groups excluding tert-OH is 1. The summed E-state index contributed by atoms with van der Waals surface area (Å²) in [6, 6.07) is 0. The summed E-state index contributed by atoms with van der Waals surface area (Å²) in [6.07, 6.45) is 11.5. The largest absolute Gasteiger partial charge is 0.392 e. The highest BCUT2D eigenvalue weighted by molar-refractivity contribution is 5.06. The summed E-state index contributed by atoms with van der Waals surface area (Å²) in [5, 5.41) is 11.8. The van der Waals surface area contributed by atoms with Gasteiger partial charge in [-0.2, -0.15) is 11.0 Å². The lowest BCUT2D eigenvalue weighted by Crippen LogP contribution is -1.97. The van der Waals surface area contributed by atoms with Gasteiger partial charge in [0.25, 0.3) is 0 Å². The fourth-order valence-electron chi connectivity index (χ4n) is 1.83. The second kappa shape index (κ2) is 12.6. The van der Waals surface area contributed by atoms with Gasteiger partial charge in [0.05, 0.1) is 13.2 Å². The van der Waals surface area contributed by atoms with Gasteiger partial charge in [-0.25, -0.2) is 0 Å². The van der Waals surface area contributed by atoms with E-state index >= 15 is 0 Å². The number of hydrogen-bond donors (Lipinski definition) is 2. The van der Waals surface area contributed by atoms with Gasteiger partial charge in [0.15, 0.2) is 0 Å². The topological polar surface area (TPSA) is 70.5 Å². The molecule has 0 aromatic carbocycles. The van der Waals surface area contributed by atoms with Crippen LogP contribution in [0.25, 0.3) is 0 Å². The average molecular weight is 278 g/mol. The summed E-state index contributed by atoms with van der Waals surface area (Å²) in [7, 11) is 0. The molecule has 4 heteroatoms. The first-order chi connectivity index (χ1) is 9.60. The van der Waals surface area contributed by atoms with Crippen LogP contribution < -0.4 is 5.43 Å². The summed E-state index contributed by atoms with van der Waals surface area (Å²) in [5.41, 5.74) is 14.2. The lowest BCUT2D eigenvalue weighted by atomic mass is 10.1. The molecule has 0 rings (SSSR count). The molecule has 0 bridgehead atoms. The quantitative estimate of drug-likeness (QED) is 0.251. The van der Waals surface area contributed by atoms with Gasteiger partial charge in [0, 0.05) is 0 Å². The fraction of sp³-hybridized carbons (Fsp3) is 0.625. The van der Waals surface area contributed by atoms with Gasteiger partial charge in [-0.3, -0.25) is 0 Å². The molecule has 1 radical (unpaired) electrons. The van der Waals surface area contributed by atoms with Crippen molar-refractivity contribution in [3.05, 3.63) is 34.9 Å². The molecule has 0 atom stereocenters. The minimum Gasteiger partial charge on any atom is -0.392 e. The van der Waals surface area contributed by atoms with E-state index in [4.69, 9.17) is 10.6 Å². The SMILES string of the molecule is C/C(=C\CO)CC/C=C(\C)CC/C=C(\C)CC[N]N=N. The zero-order valence-electron chi connectivity index (χ0n) is 13.0. The molecular weight excluding hydrogens is 250 g/mol. The van der Waals surface area contributed by atoms with Crippen molar-refractivity contribution in [1.29, 1.82) is 5.53 Å². The number of allylic oxidation sites excluding steroid dienone is 4. The molecule has 0 aliphatic carbocycles. The summed E-state index contributed by atoms with van der Waals surface area (Å²) in [5.74, 6) is 0. The van der Waals surface area contributed by atoms with Crippen LogP contribution in [0.5, 0.6) is 0 Å². The van der Waals surface area contributed by atoms with Crippen LogP contribution >= 0.6 is 0 Å². The van der Waals surface area contributed by atoms with E-state index in [-0.39, 0.29) is 6.61 Å². The zero-order chi connectivity index (χ0) is 15.2. The van der Waals surface area contributed by atoms with Gasteiger partial charge >= 0.3 is 0 Å². The highest BCUT2D eigenvalue weighted by Crippen LogP contribution is 2.11. The molecule has 0 aromatic heterocycles. The predicted molar refractivity (Wildman–Crippen MR) is 83.6 cm³/mol. The number of rotatable bonds is 11. The zero-order valence-corrected chi connectivity index (χ0v) is 13.0. The maximum absolute atomic E-state index is 8.77. The van der Waals surface area contributed by atoms with Gasteiger partial charge in [0.2, 0.25) is 0 Å². The maximum Gasteiger partial charge on any atom is 0.0657 e. The monoisotopic (exact) mass is 278 g/mol. The normalized spacial score (nSPS) is 13.5. The van der Waals surface area contributed by atoms with E-state index in [0.717, 1.165) is 32.1 Å². The molecule has 113 valence electrons. The Morgan fingerprint density at radius 3 is 1.90 bits per heavy atom. The van der Waals surface area contributed by atoms with E-state index in [9.17, 15) is 0 Å². The Balaban J connectivity index is 3.85. The molecule has 0 aliphatic heterocycles. The van der Waals surface area contributed by atoms with Crippen molar-refractivity contribution < 1.29 is 5.11 Å². The molecule has 2 N–H and O–H groups in total. The summed E-state index contributed by atoms with van der Waals surface area (Å²) >= 11 is 0. The Kier molecular flexibility index (Phi) is 11.7. The van der Waals surface area contributed by atoms with Crippen molar-refractivity contribution in [3.63, 3.8) is 0 Å². The van der Waals surface area contributed by atoms with Crippen molar-refractivity contribution in [2.75, 3.05) is 13.2 Å². The van der Waals surface area contributed by atoms with Crippen LogP contribution in [-0.4, -0.2) is 18.3 Å². The van der Waals surface area contributed by atoms with Crippen molar-refractivity contribution in [3.8, 4) is 0 Å². The molecule has 0 saturated heterocycles. The highest BCUT2D eigenvalue weighted by atomic mass is 16.2. The Labute approximate surface area is 123 Å². The van der Waals surface area contributed by atoms with Crippen LogP contribution in [-0.2, 0) is 0 Å². The summed E-state index contributed by atoms with van der Waals surface area (Å²) in [4.78, 5) is 0. The minimum absolute atomic E-state index is 0.137. The highest BCUT2D eigenvalue weighted by Gasteiger charge is 1.93. The molecule has 20 heavy (non-hydrogen) atoms. The standard InChI is InChI=1S/C16H28N3O/c1-14(7-5-9-16(3)11-13-20)6-4-8-15(2)10-12-18-19-17/h7-8,11,17,20H,4-6,9-10,12-13H2,1-3H3/b14-7+,15-8+,16-11+,19-17?. The van der Waals surface area contributed by atoms with Gasteiger partial charge in [-0.05, 0) is 52.9 Å². The molecule has 0 amide bonds. The Hall–Kier alpha value is -1.42. The lowest BCUT2D eigenvalue weighted by molar-refractivity contribution is 0.341. The second-order valence-electron chi connectivity index (χ2n) is 5.13. The Morgan fingerprint density at radius 2 is 1.40 bits per heavy atom. The Bertz CT molecular complexity index is 357. The first kappa shape index (κ1) is 18.6. The van der Waals surface area contributed by atoms with E-state index in [0.29, 0.717) is 6.54 Å². The van der Waals surface area contributed by atoms with Gasteiger partial charge < -0.3 is 5.11 Å². The first-order valence-electron chi connectivity index (χ1n) is 7.21. The average Bonchev–Trinajstić information content (AvgIpc) is 2.39. The molecule has 4 nitrogen and oxygen atoms in total. The molecular formula is C16H28N3O. The number of hydrogen-bond acceptors (Lipinski definition) is 3. The smallest absolute Gasteiger partial charge is 0.0657 e. The van der Waals surface area contributed by atoms with Crippen LogP contribution in [0.2, 0.25) is 0 Å². The number of aliphatic hydroxyl groups is 1. The molecule has 0 heterocycles. The Morgan fingerprint density at radius 1 is 0.900 bits per heavy atom. The van der Waals surface area contributed by atoms with Crippen molar-refractivity contribution in [2.45, 2.75) is 52.9 Å². The molecule has 0 aromatic rings. The van der Waals surface area contributed by atoms with E-state index in [1.165, 1.54) is 16.7 Å². The maximum atomic E-state index is 8.77. The minimum atomic E-state index is 0.137. The molecule has 0 saturated carbocycles. The van der Waals surface area contributed by atoms with Crippen LogP contribution in [0, 0.1) is 5.53 Å². The number of nitrogens with one attached hydrogen (secondary N) is 1. The molecule has 0 aliphatic rings. The molecule has 0 spiro atoms. The van der Waals surface area contributed by atoms with Crippen LogP contribution in [0.1, 0.15) is 52.9 Å². The van der Waals surface area contributed by atoms with Crippen LogP contribution in [0.3, 0.4) is 0 Å². The third kappa shape index (κ3) is 11.7. The van der Waals surface area contributed by atoms with Crippen molar-refractivity contribution in [1.82, 2.24) is 5.43 Å². The van der Waals surface area contributed by atoms with E-state index in [2.05, 4.69) is 43.6 Å². The molecule has 0 unspecified atom stereocenters. The first-order valence-corrected chi connectivity index (χ1v) is 7.21.